The monoisotopic (exact) mass is 353 g/mol. The number of rotatable bonds is 5. The standard InChI is InChI=1S/C14H16BrN3OS/c1-18(7-6-11-3-2-8-20-11)13-5-4-10(9-12(13)15)14(16)17-19/h2-5,8-9,19H,6-7H2,1H3,(H2,16,17). The summed E-state index contributed by atoms with van der Waals surface area (Å²) in [5.74, 6) is 0.110. The van der Waals surface area contributed by atoms with Crippen LogP contribution in [-0.4, -0.2) is 24.6 Å². The number of anilines is 1. The van der Waals surface area contributed by atoms with E-state index in [2.05, 4.69) is 50.5 Å². The first kappa shape index (κ1) is 14.9. The highest BCUT2D eigenvalue weighted by Gasteiger charge is 2.09. The molecule has 0 amide bonds. The molecule has 0 aliphatic carbocycles. The van der Waals surface area contributed by atoms with Crippen molar-refractivity contribution in [2.24, 2.45) is 10.9 Å². The van der Waals surface area contributed by atoms with Crippen LogP contribution in [0.3, 0.4) is 0 Å². The second kappa shape index (κ2) is 6.76. The largest absolute Gasteiger partial charge is 0.409 e. The summed E-state index contributed by atoms with van der Waals surface area (Å²) in [6, 6.07) is 9.88. The Morgan fingerprint density at radius 1 is 1.45 bits per heavy atom. The third kappa shape index (κ3) is 3.52. The highest BCUT2D eigenvalue weighted by atomic mass is 79.9. The fourth-order valence-corrected chi connectivity index (χ4v) is 3.27. The van der Waals surface area contributed by atoms with Gasteiger partial charge in [0.25, 0.3) is 0 Å². The van der Waals surface area contributed by atoms with E-state index in [4.69, 9.17) is 10.9 Å². The van der Waals surface area contributed by atoms with Gasteiger partial charge in [-0.15, -0.1) is 11.3 Å². The average molecular weight is 354 g/mol. The van der Waals surface area contributed by atoms with Gasteiger partial charge in [0.15, 0.2) is 5.84 Å². The second-order valence-corrected chi connectivity index (χ2v) is 6.29. The average Bonchev–Trinajstić information content (AvgIpc) is 2.97. The Morgan fingerprint density at radius 3 is 2.85 bits per heavy atom. The molecule has 0 saturated heterocycles. The predicted molar refractivity (Wildman–Crippen MR) is 87.9 cm³/mol. The number of benzene rings is 1. The highest BCUT2D eigenvalue weighted by molar-refractivity contribution is 9.10. The quantitative estimate of drug-likeness (QED) is 0.375. The van der Waals surface area contributed by atoms with E-state index in [0.717, 1.165) is 23.1 Å². The van der Waals surface area contributed by atoms with Crippen LogP contribution in [0.4, 0.5) is 5.69 Å². The predicted octanol–water partition coefficient (Wildman–Crippen LogP) is 3.28. The molecule has 106 valence electrons. The third-order valence-corrected chi connectivity index (χ3v) is 4.61. The molecule has 3 N–H and O–H groups in total. The summed E-state index contributed by atoms with van der Waals surface area (Å²) < 4.78 is 0.926. The molecule has 0 aliphatic heterocycles. The molecule has 0 bridgehead atoms. The molecule has 1 heterocycles. The molecule has 20 heavy (non-hydrogen) atoms. The fourth-order valence-electron chi connectivity index (χ4n) is 1.89. The Balaban J connectivity index is 2.08. The van der Waals surface area contributed by atoms with Crippen molar-refractivity contribution in [2.45, 2.75) is 6.42 Å². The molecule has 1 aromatic carbocycles. The van der Waals surface area contributed by atoms with Gasteiger partial charge >= 0.3 is 0 Å². The van der Waals surface area contributed by atoms with Crippen LogP contribution in [0.15, 0.2) is 45.3 Å². The summed E-state index contributed by atoms with van der Waals surface area (Å²) >= 11 is 5.31. The lowest BCUT2D eigenvalue weighted by atomic mass is 10.2. The van der Waals surface area contributed by atoms with Crippen LogP contribution < -0.4 is 10.6 Å². The van der Waals surface area contributed by atoms with E-state index < -0.39 is 0 Å². The maximum Gasteiger partial charge on any atom is 0.170 e. The zero-order valence-electron chi connectivity index (χ0n) is 11.1. The normalized spacial score (nSPS) is 11.6. The van der Waals surface area contributed by atoms with E-state index in [0.29, 0.717) is 5.56 Å². The van der Waals surface area contributed by atoms with Crippen LogP contribution in [0.1, 0.15) is 10.4 Å². The van der Waals surface area contributed by atoms with Crippen molar-refractivity contribution in [3.63, 3.8) is 0 Å². The molecule has 0 aliphatic rings. The third-order valence-electron chi connectivity index (χ3n) is 3.04. The first-order valence-corrected chi connectivity index (χ1v) is 7.80. The fraction of sp³-hybridized carbons (Fsp3) is 0.214. The Labute approximate surface area is 130 Å². The number of hydrogen-bond acceptors (Lipinski definition) is 4. The van der Waals surface area contributed by atoms with Crippen molar-refractivity contribution in [1.82, 2.24) is 0 Å². The van der Waals surface area contributed by atoms with Gasteiger partial charge in [-0.25, -0.2) is 0 Å². The summed E-state index contributed by atoms with van der Waals surface area (Å²) in [5.41, 5.74) is 7.35. The zero-order valence-corrected chi connectivity index (χ0v) is 13.5. The number of hydrogen-bond donors (Lipinski definition) is 2. The van der Waals surface area contributed by atoms with Gasteiger partial charge in [-0.05, 0) is 52.0 Å². The van der Waals surface area contributed by atoms with Crippen LogP contribution in [0.5, 0.6) is 0 Å². The van der Waals surface area contributed by atoms with Gasteiger partial charge in [-0.1, -0.05) is 11.2 Å². The highest BCUT2D eigenvalue weighted by Crippen LogP contribution is 2.27. The summed E-state index contributed by atoms with van der Waals surface area (Å²) in [6.45, 7) is 0.933. The Kier molecular flexibility index (Phi) is 5.03. The molecular weight excluding hydrogens is 338 g/mol. The number of thiophene rings is 1. The Bertz CT molecular complexity index is 598. The molecule has 0 spiro atoms. The number of nitrogens with zero attached hydrogens (tertiary/aromatic N) is 2. The molecule has 6 heteroatoms. The summed E-state index contributed by atoms with van der Waals surface area (Å²) in [7, 11) is 2.05. The van der Waals surface area contributed by atoms with Gasteiger partial charge in [0.2, 0.25) is 0 Å². The molecule has 2 aromatic rings. The molecule has 0 fully saturated rings. The topological polar surface area (TPSA) is 61.8 Å². The maximum atomic E-state index is 8.69. The summed E-state index contributed by atoms with van der Waals surface area (Å²) in [6.07, 6.45) is 1.02. The van der Waals surface area contributed by atoms with Crippen molar-refractivity contribution < 1.29 is 5.21 Å². The van der Waals surface area contributed by atoms with E-state index in [9.17, 15) is 0 Å². The summed E-state index contributed by atoms with van der Waals surface area (Å²) in [5, 5.41) is 13.8. The van der Waals surface area contributed by atoms with Crippen molar-refractivity contribution in [3.05, 3.63) is 50.6 Å². The lowest BCUT2D eigenvalue weighted by molar-refractivity contribution is 0.318. The second-order valence-electron chi connectivity index (χ2n) is 4.40. The van der Waals surface area contributed by atoms with E-state index in [1.165, 1.54) is 4.88 Å². The molecule has 1 aromatic heterocycles. The molecule has 4 nitrogen and oxygen atoms in total. The van der Waals surface area contributed by atoms with Gasteiger partial charge in [-0.3, -0.25) is 0 Å². The van der Waals surface area contributed by atoms with E-state index in [-0.39, 0.29) is 5.84 Å². The maximum absolute atomic E-state index is 8.69. The van der Waals surface area contributed by atoms with Crippen LogP contribution in [0.25, 0.3) is 0 Å². The Morgan fingerprint density at radius 2 is 2.25 bits per heavy atom. The van der Waals surface area contributed by atoms with Crippen molar-refractivity contribution in [3.8, 4) is 0 Å². The SMILES string of the molecule is CN(CCc1cccs1)c1ccc(/C(N)=N/O)cc1Br. The zero-order chi connectivity index (χ0) is 14.5. The lowest BCUT2D eigenvalue weighted by Gasteiger charge is -2.21. The van der Waals surface area contributed by atoms with E-state index >= 15 is 0 Å². The molecule has 0 atom stereocenters. The van der Waals surface area contributed by atoms with Crippen LogP contribution in [0, 0.1) is 0 Å². The molecular formula is C14H16BrN3OS. The molecule has 0 saturated carbocycles. The molecule has 0 radical (unpaired) electrons. The van der Waals surface area contributed by atoms with Crippen LogP contribution >= 0.6 is 27.3 Å². The summed E-state index contributed by atoms with van der Waals surface area (Å²) in [4.78, 5) is 3.56. The van der Waals surface area contributed by atoms with Crippen molar-refractivity contribution in [1.29, 1.82) is 0 Å². The molecule has 2 rings (SSSR count). The van der Waals surface area contributed by atoms with Crippen molar-refractivity contribution in [2.75, 3.05) is 18.5 Å². The van der Waals surface area contributed by atoms with E-state index in [1.54, 1.807) is 11.3 Å². The number of oxime groups is 1. The van der Waals surface area contributed by atoms with Crippen molar-refractivity contribution >= 4 is 38.8 Å². The number of nitrogens with two attached hydrogens (primary N) is 1. The minimum absolute atomic E-state index is 0.110. The first-order valence-electron chi connectivity index (χ1n) is 6.13. The Hall–Kier alpha value is -1.53. The van der Waals surface area contributed by atoms with E-state index in [1.807, 2.05) is 18.2 Å². The first-order chi connectivity index (χ1) is 9.61. The van der Waals surface area contributed by atoms with Gasteiger partial charge in [0.05, 0.1) is 5.69 Å². The number of amidine groups is 1. The smallest absolute Gasteiger partial charge is 0.170 e. The van der Waals surface area contributed by atoms with Crippen LogP contribution in [0.2, 0.25) is 0 Å². The molecule has 0 unspecified atom stereocenters. The number of likely N-dealkylation sites (N-methyl/N-ethyl adjacent to an activating group) is 1. The van der Waals surface area contributed by atoms with Gasteiger partial charge < -0.3 is 15.8 Å². The number of halogens is 1. The van der Waals surface area contributed by atoms with Crippen LogP contribution in [-0.2, 0) is 6.42 Å². The van der Waals surface area contributed by atoms with Gasteiger partial charge in [-0.2, -0.15) is 0 Å². The van der Waals surface area contributed by atoms with Gasteiger partial charge in [0.1, 0.15) is 0 Å². The van der Waals surface area contributed by atoms with Gasteiger partial charge in [0, 0.05) is 28.5 Å². The minimum atomic E-state index is 0.110. The minimum Gasteiger partial charge on any atom is -0.409 e. The lowest BCUT2D eigenvalue weighted by Crippen LogP contribution is -2.21.